The number of carbonyl (C=O) groups is 2. The van der Waals surface area contributed by atoms with E-state index in [4.69, 9.17) is 14.5 Å². The van der Waals surface area contributed by atoms with E-state index in [1.807, 2.05) is 41.0 Å². The van der Waals surface area contributed by atoms with Crippen LogP contribution in [-0.4, -0.2) is 46.7 Å². The zero-order valence-electron chi connectivity index (χ0n) is 21.4. The number of ether oxygens (including phenoxy) is 2. The third-order valence-corrected chi connectivity index (χ3v) is 6.74. The van der Waals surface area contributed by atoms with E-state index in [9.17, 15) is 9.59 Å². The van der Waals surface area contributed by atoms with E-state index in [1.54, 1.807) is 18.6 Å². The van der Waals surface area contributed by atoms with Gasteiger partial charge in [-0.3, -0.25) is 9.78 Å². The van der Waals surface area contributed by atoms with Gasteiger partial charge in [0.25, 0.3) is 0 Å². The van der Waals surface area contributed by atoms with Gasteiger partial charge in [-0.05, 0) is 42.5 Å². The Hall–Kier alpha value is -4.24. The van der Waals surface area contributed by atoms with Crippen LogP contribution in [0.3, 0.4) is 0 Å². The molecule has 0 saturated carbocycles. The summed E-state index contributed by atoms with van der Waals surface area (Å²) in [6.07, 6.45) is 7.54. The van der Waals surface area contributed by atoms with E-state index in [0.717, 1.165) is 24.1 Å². The lowest BCUT2D eigenvalue weighted by molar-refractivity contribution is -0.119. The first-order valence-corrected chi connectivity index (χ1v) is 12.8. The Morgan fingerprint density at radius 3 is 2.71 bits per heavy atom. The average molecular weight is 514 g/mol. The quantitative estimate of drug-likeness (QED) is 0.302. The lowest BCUT2D eigenvalue weighted by Gasteiger charge is -2.12. The highest BCUT2D eigenvalue weighted by Crippen LogP contribution is 2.34. The minimum atomic E-state index is -0.523. The van der Waals surface area contributed by atoms with Crippen molar-refractivity contribution in [3.05, 3.63) is 83.9 Å². The van der Waals surface area contributed by atoms with Crippen LogP contribution in [0.15, 0.2) is 67.1 Å². The number of benzene rings is 1. The van der Waals surface area contributed by atoms with Crippen molar-refractivity contribution in [2.75, 3.05) is 31.0 Å². The van der Waals surface area contributed by atoms with Gasteiger partial charge >= 0.3 is 5.97 Å². The number of amides is 1. The summed E-state index contributed by atoms with van der Waals surface area (Å²) in [7, 11) is 1.35. The topological polar surface area (TPSA) is 107 Å². The molecule has 1 saturated heterocycles. The van der Waals surface area contributed by atoms with E-state index < -0.39 is 5.97 Å². The number of rotatable bonds is 10. The number of hydrogen-bond acceptors (Lipinski definition) is 7. The van der Waals surface area contributed by atoms with Gasteiger partial charge in [0.05, 0.1) is 37.2 Å². The van der Waals surface area contributed by atoms with Gasteiger partial charge in [0.1, 0.15) is 5.65 Å². The summed E-state index contributed by atoms with van der Waals surface area (Å²) in [5, 5.41) is 7.06. The van der Waals surface area contributed by atoms with Crippen molar-refractivity contribution in [1.82, 2.24) is 14.5 Å². The Bertz CT molecular complexity index is 1400. The number of fused-ring (bicyclic) bond motifs is 1. The smallest absolute Gasteiger partial charge is 0.356 e. The number of nitrogens with one attached hydrogen (secondary N) is 2. The molecule has 1 fully saturated rings. The van der Waals surface area contributed by atoms with Crippen molar-refractivity contribution in [2.45, 2.75) is 32.4 Å². The van der Waals surface area contributed by atoms with Gasteiger partial charge in [0.15, 0.2) is 5.69 Å². The molecular formula is C29H31N5O4. The third-order valence-electron chi connectivity index (χ3n) is 6.74. The number of aryl methyl sites for hydroxylation is 2. The second-order valence-corrected chi connectivity index (χ2v) is 9.32. The van der Waals surface area contributed by atoms with Gasteiger partial charge in [-0.15, -0.1) is 0 Å². The molecule has 2 N–H and O–H groups in total. The van der Waals surface area contributed by atoms with Crippen LogP contribution < -0.4 is 10.6 Å². The van der Waals surface area contributed by atoms with Crippen molar-refractivity contribution in [3.8, 4) is 0 Å². The monoisotopic (exact) mass is 513 g/mol. The summed E-state index contributed by atoms with van der Waals surface area (Å²) in [6, 6.07) is 16.0. The van der Waals surface area contributed by atoms with Crippen LogP contribution in [0.2, 0.25) is 0 Å². The number of carbonyl (C=O) groups excluding carboxylic acids is 2. The van der Waals surface area contributed by atoms with Crippen LogP contribution in [0.4, 0.5) is 11.4 Å². The van der Waals surface area contributed by atoms with Crippen LogP contribution in [0, 0.1) is 5.92 Å². The standard InChI is InChI=1S/C29H31N5O4/c1-37-29(36)26-25(33-28(35)22-11-14-38-19-22)24-15-23(31-17-21-9-5-12-30-16-21)18-32-27(24)34(26)13-6-10-20-7-3-2-4-8-20/h2-5,7-9,12,15-16,18,22,31H,6,10-11,13-14,17,19H2,1H3,(H,33,35). The van der Waals surface area contributed by atoms with Crippen LogP contribution in [0.1, 0.15) is 34.5 Å². The van der Waals surface area contributed by atoms with Gasteiger partial charge in [-0.25, -0.2) is 9.78 Å². The molecule has 196 valence electrons. The second kappa shape index (κ2) is 11.9. The molecule has 1 amide bonds. The van der Waals surface area contributed by atoms with Gasteiger partial charge in [0.2, 0.25) is 5.91 Å². The largest absolute Gasteiger partial charge is 0.464 e. The van der Waals surface area contributed by atoms with Gasteiger partial charge in [-0.1, -0.05) is 36.4 Å². The number of aromatic nitrogens is 3. The van der Waals surface area contributed by atoms with Crippen molar-refractivity contribution in [2.24, 2.45) is 5.92 Å². The molecule has 4 heterocycles. The van der Waals surface area contributed by atoms with E-state index in [0.29, 0.717) is 55.1 Å². The Labute approximate surface area is 221 Å². The number of esters is 1. The Morgan fingerprint density at radius 2 is 1.97 bits per heavy atom. The first-order valence-electron chi connectivity index (χ1n) is 12.8. The minimum Gasteiger partial charge on any atom is -0.464 e. The fraction of sp³-hybridized carbons (Fsp3) is 0.310. The molecule has 1 unspecified atom stereocenters. The molecule has 9 nitrogen and oxygen atoms in total. The number of methoxy groups -OCH3 is 1. The SMILES string of the molecule is COC(=O)c1c(NC(=O)C2CCOC2)c2cc(NCc3cccnc3)cnc2n1CCCc1ccccc1. The summed E-state index contributed by atoms with van der Waals surface area (Å²) < 4.78 is 12.4. The highest BCUT2D eigenvalue weighted by molar-refractivity contribution is 6.11. The molecule has 0 aliphatic carbocycles. The summed E-state index contributed by atoms with van der Waals surface area (Å²) >= 11 is 0. The number of nitrogens with zero attached hydrogens (tertiary/aromatic N) is 3. The molecule has 1 aliphatic heterocycles. The molecule has 0 spiro atoms. The Balaban J connectivity index is 1.50. The molecule has 1 aromatic carbocycles. The van der Waals surface area contributed by atoms with Gasteiger partial charge in [-0.2, -0.15) is 0 Å². The highest BCUT2D eigenvalue weighted by Gasteiger charge is 2.29. The van der Waals surface area contributed by atoms with E-state index in [2.05, 4.69) is 27.8 Å². The average Bonchev–Trinajstić information content (AvgIpc) is 3.60. The zero-order valence-corrected chi connectivity index (χ0v) is 21.4. The maximum atomic E-state index is 13.1. The Morgan fingerprint density at radius 1 is 1.13 bits per heavy atom. The van der Waals surface area contributed by atoms with Crippen molar-refractivity contribution in [1.29, 1.82) is 0 Å². The van der Waals surface area contributed by atoms with Crippen LogP contribution >= 0.6 is 0 Å². The normalized spacial score (nSPS) is 14.9. The number of anilines is 2. The predicted molar refractivity (Wildman–Crippen MR) is 145 cm³/mol. The molecular weight excluding hydrogens is 482 g/mol. The molecule has 1 atom stereocenters. The van der Waals surface area contributed by atoms with E-state index >= 15 is 0 Å². The lowest BCUT2D eigenvalue weighted by Crippen LogP contribution is -2.24. The fourth-order valence-electron chi connectivity index (χ4n) is 4.73. The van der Waals surface area contributed by atoms with Crippen molar-refractivity contribution < 1.29 is 19.1 Å². The van der Waals surface area contributed by atoms with Gasteiger partial charge in [0, 0.05) is 37.5 Å². The molecule has 4 aromatic rings. The zero-order chi connectivity index (χ0) is 26.3. The van der Waals surface area contributed by atoms with Crippen LogP contribution in [0.25, 0.3) is 11.0 Å². The molecule has 9 heteroatoms. The lowest BCUT2D eigenvalue weighted by atomic mass is 10.1. The molecule has 0 bridgehead atoms. The molecule has 5 rings (SSSR count). The molecule has 1 aliphatic rings. The Kier molecular flexibility index (Phi) is 7.94. The molecule has 3 aromatic heterocycles. The van der Waals surface area contributed by atoms with Crippen molar-refractivity contribution >= 4 is 34.3 Å². The van der Waals surface area contributed by atoms with Gasteiger partial charge < -0.3 is 24.7 Å². The summed E-state index contributed by atoms with van der Waals surface area (Å²) in [4.78, 5) is 35.1. The van der Waals surface area contributed by atoms with Crippen LogP contribution in [-0.2, 0) is 33.8 Å². The van der Waals surface area contributed by atoms with E-state index in [1.165, 1.54) is 12.7 Å². The fourth-order valence-corrected chi connectivity index (χ4v) is 4.73. The molecule has 0 radical (unpaired) electrons. The maximum Gasteiger partial charge on any atom is 0.356 e. The second-order valence-electron chi connectivity index (χ2n) is 9.32. The predicted octanol–water partition coefficient (Wildman–Crippen LogP) is 4.44. The summed E-state index contributed by atoms with van der Waals surface area (Å²) in [5.74, 6) is -0.966. The minimum absolute atomic E-state index is 0.176. The number of pyridine rings is 2. The first kappa shape index (κ1) is 25.4. The molecule has 38 heavy (non-hydrogen) atoms. The highest BCUT2D eigenvalue weighted by atomic mass is 16.5. The summed E-state index contributed by atoms with van der Waals surface area (Å²) in [6.45, 7) is 2.01. The summed E-state index contributed by atoms with van der Waals surface area (Å²) in [5.41, 5.74) is 4.33. The van der Waals surface area contributed by atoms with E-state index in [-0.39, 0.29) is 11.8 Å². The number of hydrogen-bond donors (Lipinski definition) is 2. The van der Waals surface area contributed by atoms with Crippen molar-refractivity contribution in [3.63, 3.8) is 0 Å². The third kappa shape index (κ3) is 5.68. The maximum absolute atomic E-state index is 13.1. The first-order chi connectivity index (χ1) is 18.6. The van der Waals surface area contributed by atoms with Crippen LogP contribution in [0.5, 0.6) is 0 Å².